The zero-order valence-electron chi connectivity index (χ0n) is 16.8. The van der Waals surface area contributed by atoms with E-state index >= 15 is 0 Å². The first-order valence-corrected chi connectivity index (χ1v) is 10.2. The highest BCUT2D eigenvalue weighted by molar-refractivity contribution is 7.71. The summed E-state index contributed by atoms with van der Waals surface area (Å²) in [5.41, 5.74) is 2.99. The molecule has 2 aromatic carbocycles. The Morgan fingerprint density at radius 2 is 1.66 bits per heavy atom. The highest BCUT2D eigenvalue weighted by Crippen LogP contribution is 2.19. The lowest BCUT2D eigenvalue weighted by molar-refractivity contribution is 0.101. The van der Waals surface area contributed by atoms with Crippen molar-refractivity contribution in [2.24, 2.45) is 7.05 Å². The van der Waals surface area contributed by atoms with Crippen molar-refractivity contribution in [3.8, 4) is 11.4 Å². The largest absolute Gasteiger partial charge is 0.369 e. The third-order valence-corrected chi connectivity index (χ3v) is 5.90. The van der Waals surface area contributed by atoms with Gasteiger partial charge in [0.25, 0.3) is 0 Å². The Morgan fingerprint density at radius 1 is 1.00 bits per heavy atom. The maximum absolute atomic E-state index is 11.5. The van der Waals surface area contributed by atoms with E-state index in [4.69, 9.17) is 17.3 Å². The molecule has 6 nitrogen and oxygen atoms in total. The fourth-order valence-corrected chi connectivity index (χ4v) is 3.85. The Bertz CT molecular complexity index is 1050. The van der Waals surface area contributed by atoms with Crippen LogP contribution in [0, 0.1) is 4.77 Å². The first kappa shape index (κ1) is 19.5. The third-order valence-electron chi connectivity index (χ3n) is 5.42. The van der Waals surface area contributed by atoms with Crippen LogP contribution in [0.25, 0.3) is 11.4 Å². The first-order valence-electron chi connectivity index (χ1n) is 9.80. The maximum atomic E-state index is 11.5. The number of carbonyl (C=O) groups is 1. The van der Waals surface area contributed by atoms with E-state index in [0.717, 1.165) is 53.6 Å². The summed E-state index contributed by atoms with van der Waals surface area (Å²) < 4.78 is 4.61. The number of anilines is 1. The van der Waals surface area contributed by atoms with Crippen LogP contribution in [0.1, 0.15) is 17.3 Å². The van der Waals surface area contributed by atoms with E-state index in [1.165, 1.54) is 0 Å². The van der Waals surface area contributed by atoms with E-state index in [0.29, 0.717) is 6.67 Å². The Balaban J connectivity index is 1.41. The molecule has 0 spiro atoms. The van der Waals surface area contributed by atoms with Crippen LogP contribution in [-0.4, -0.2) is 51.2 Å². The number of carbonyl (C=O) groups excluding carboxylic acids is 1. The molecule has 0 unspecified atom stereocenters. The van der Waals surface area contributed by atoms with Gasteiger partial charge in [0, 0.05) is 50.0 Å². The molecule has 7 heteroatoms. The number of nitrogens with zero attached hydrogens (tertiary/aromatic N) is 5. The van der Waals surface area contributed by atoms with E-state index in [2.05, 4.69) is 21.9 Å². The number of benzene rings is 2. The normalized spacial score (nSPS) is 14.9. The molecule has 0 aliphatic carbocycles. The molecular formula is C22H25N5OS. The van der Waals surface area contributed by atoms with E-state index < -0.39 is 0 Å². The molecule has 150 valence electrons. The van der Waals surface area contributed by atoms with Gasteiger partial charge in [-0.05, 0) is 43.4 Å². The van der Waals surface area contributed by atoms with Crippen molar-refractivity contribution < 1.29 is 4.79 Å². The zero-order chi connectivity index (χ0) is 20.4. The molecule has 0 N–H and O–H groups in total. The summed E-state index contributed by atoms with van der Waals surface area (Å²) in [5, 5.41) is 4.77. The molecule has 1 fully saturated rings. The SMILES string of the molecule is CC(=O)c1ccc(N2CCN(Cn3nc(-c4ccccc4)n(C)c3=S)CC2)cc1. The second-order valence-corrected chi connectivity index (χ2v) is 7.75. The summed E-state index contributed by atoms with van der Waals surface area (Å²) in [7, 11) is 1.97. The second-order valence-electron chi connectivity index (χ2n) is 7.38. The Morgan fingerprint density at radius 3 is 2.28 bits per heavy atom. The summed E-state index contributed by atoms with van der Waals surface area (Å²) in [4.78, 5) is 16.2. The van der Waals surface area contributed by atoms with Gasteiger partial charge >= 0.3 is 0 Å². The van der Waals surface area contributed by atoms with Gasteiger partial charge in [0.1, 0.15) is 0 Å². The number of rotatable bonds is 5. The van der Waals surface area contributed by atoms with E-state index in [1.807, 2.05) is 58.8 Å². The first-order chi connectivity index (χ1) is 14.0. The lowest BCUT2D eigenvalue weighted by atomic mass is 10.1. The quantitative estimate of drug-likeness (QED) is 0.478. The molecule has 0 bridgehead atoms. The minimum Gasteiger partial charge on any atom is -0.369 e. The van der Waals surface area contributed by atoms with Crippen molar-refractivity contribution in [3.05, 3.63) is 64.9 Å². The average Bonchev–Trinajstić information content (AvgIpc) is 3.03. The number of aromatic nitrogens is 3. The molecule has 1 aliphatic heterocycles. The molecule has 0 radical (unpaired) electrons. The van der Waals surface area contributed by atoms with Crippen molar-refractivity contribution in [3.63, 3.8) is 0 Å². The predicted octanol–water partition coefficient (Wildman–Crippen LogP) is 3.60. The van der Waals surface area contributed by atoms with E-state index in [1.54, 1.807) is 6.92 Å². The molecule has 4 rings (SSSR count). The number of ketones is 1. The van der Waals surface area contributed by atoms with Crippen molar-refractivity contribution in [2.45, 2.75) is 13.6 Å². The summed E-state index contributed by atoms with van der Waals surface area (Å²) in [6.07, 6.45) is 0. The van der Waals surface area contributed by atoms with Gasteiger partial charge in [-0.25, -0.2) is 4.68 Å². The fourth-order valence-electron chi connectivity index (χ4n) is 3.66. The van der Waals surface area contributed by atoms with Gasteiger partial charge in [-0.3, -0.25) is 9.69 Å². The standard InChI is InChI=1S/C22H25N5OS/c1-17(28)18-8-10-20(11-9-18)26-14-12-25(13-15-26)16-27-22(29)24(2)21(23-27)19-6-4-3-5-7-19/h3-11H,12-16H2,1-2H3. The molecular weight excluding hydrogens is 382 g/mol. The van der Waals surface area contributed by atoms with Crippen LogP contribution < -0.4 is 4.90 Å². The summed E-state index contributed by atoms with van der Waals surface area (Å²) >= 11 is 5.61. The van der Waals surface area contributed by atoms with Gasteiger partial charge in [0.2, 0.25) is 0 Å². The average molecular weight is 408 g/mol. The number of hydrogen-bond acceptors (Lipinski definition) is 5. The van der Waals surface area contributed by atoms with Crippen LogP contribution >= 0.6 is 12.2 Å². The minimum atomic E-state index is 0.100. The molecule has 0 atom stereocenters. The highest BCUT2D eigenvalue weighted by Gasteiger charge is 2.19. The summed E-state index contributed by atoms with van der Waals surface area (Å²) in [6.45, 7) is 6.04. The summed E-state index contributed by atoms with van der Waals surface area (Å²) in [6, 6.07) is 18.0. The smallest absolute Gasteiger partial charge is 0.199 e. The lowest BCUT2D eigenvalue weighted by Gasteiger charge is -2.35. The van der Waals surface area contributed by atoms with Gasteiger partial charge in [0.05, 0.1) is 6.67 Å². The molecule has 1 aliphatic rings. The molecule has 0 amide bonds. The summed E-state index contributed by atoms with van der Waals surface area (Å²) in [5.74, 6) is 0.989. The van der Waals surface area contributed by atoms with Crippen molar-refractivity contribution in [1.82, 2.24) is 19.2 Å². The van der Waals surface area contributed by atoms with Gasteiger partial charge in [0.15, 0.2) is 16.4 Å². The Labute approximate surface area is 176 Å². The van der Waals surface area contributed by atoms with Gasteiger partial charge < -0.3 is 9.47 Å². The van der Waals surface area contributed by atoms with E-state index in [9.17, 15) is 4.79 Å². The van der Waals surface area contributed by atoms with Crippen molar-refractivity contribution in [2.75, 3.05) is 31.1 Å². The van der Waals surface area contributed by atoms with Crippen molar-refractivity contribution in [1.29, 1.82) is 0 Å². The highest BCUT2D eigenvalue weighted by atomic mass is 32.1. The number of Topliss-reactive ketones (excluding diaryl/α,β-unsaturated/α-hetero) is 1. The molecule has 1 aromatic heterocycles. The van der Waals surface area contributed by atoms with Gasteiger partial charge in [-0.1, -0.05) is 30.3 Å². The number of hydrogen-bond donors (Lipinski definition) is 0. The fraction of sp³-hybridized carbons (Fsp3) is 0.318. The molecule has 2 heterocycles. The molecule has 3 aromatic rings. The molecule has 1 saturated heterocycles. The van der Waals surface area contributed by atoms with Crippen LogP contribution in [0.3, 0.4) is 0 Å². The van der Waals surface area contributed by atoms with Gasteiger partial charge in [-0.15, -0.1) is 0 Å². The monoisotopic (exact) mass is 407 g/mol. The van der Waals surface area contributed by atoms with Gasteiger partial charge in [-0.2, -0.15) is 5.10 Å². The molecule has 0 saturated carbocycles. The van der Waals surface area contributed by atoms with Crippen LogP contribution in [0.4, 0.5) is 5.69 Å². The minimum absolute atomic E-state index is 0.100. The zero-order valence-corrected chi connectivity index (χ0v) is 17.6. The third kappa shape index (κ3) is 4.16. The van der Waals surface area contributed by atoms with Crippen LogP contribution in [0.15, 0.2) is 54.6 Å². The van der Waals surface area contributed by atoms with E-state index in [-0.39, 0.29) is 5.78 Å². The Hall–Kier alpha value is -2.77. The topological polar surface area (TPSA) is 46.3 Å². The van der Waals surface area contributed by atoms with Crippen LogP contribution in [0.5, 0.6) is 0 Å². The van der Waals surface area contributed by atoms with Crippen LogP contribution in [-0.2, 0) is 13.7 Å². The predicted molar refractivity (Wildman–Crippen MR) is 118 cm³/mol. The van der Waals surface area contributed by atoms with Crippen molar-refractivity contribution >= 4 is 23.7 Å². The van der Waals surface area contributed by atoms with Crippen LogP contribution in [0.2, 0.25) is 0 Å². The Kier molecular flexibility index (Phi) is 5.60. The maximum Gasteiger partial charge on any atom is 0.199 e. The molecule has 29 heavy (non-hydrogen) atoms. The number of piperazine rings is 1. The lowest BCUT2D eigenvalue weighted by Crippen LogP contribution is -2.47. The second kappa shape index (κ2) is 8.31.